The van der Waals surface area contributed by atoms with Crippen molar-refractivity contribution in [2.45, 2.75) is 56.9 Å². The molecule has 1 fully saturated rings. The first-order valence-electron chi connectivity index (χ1n) is 12.5. The van der Waals surface area contributed by atoms with Crippen molar-refractivity contribution in [2.75, 3.05) is 25.4 Å². The van der Waals surface area contributed by atoms with Crippen molar-refractivity contribution >= 4 is 29.1 Å². The number of aryl methyl sites for hydroxylation is 2. The minimum atomic E-state index is -4.32. The van der Waals surface area contributed by atoms with Gasteiger partial charge in [-0.15, -0.1) is 11.8 Å². The van der Waals surface area contributed by atoms with E-state index >= 15 is 0 Å². The number of nitrogens with two attached hydrogens (primary N) is 1. The van der Waals surface area contributed by atoms with Gasteiger partial charge < -0.3 is 5.73 Å². The number of allylic oxidation sites excluding steroid dienone is 1. The number of benzene rings is 2. The maximum absolute atomic E-state index is 13.5. The molecule has 7 heteroatoms. The van der Waals surface area contributed by atoms with E-state index in [1.807, 2.05) is 30.0 Å². The largest absolute Gasteiger partial charge is 0.416 e. The highest BCUT2D eigenvalue weighted by molar-refractivity contribution is 8.03. The molecule has 0 spiro atoms. The van der Waals surface area contributed by atoms with Crippen LogP contribution in [0.15, 0.2) is 53.4 Å². The van der Waals surface area contributed by atoms with Gasteiger partial charge in [-0.2, -0.15) is 13.2 Å². The molecule has 2 aliphatic heterocycles. The molecule has 190 valence electrons. The van der Waals surface area contributed by atoms with Crippen molar-refractivity contribution in [1.82, 2.24) is 4.90 Å². The molecule has 2 aromatic rings. The Morgan fingerprint density at radius 3 is 2.63 bits per heavy atom. The fraction of sp³-hybridized carbons (Fsp3) is 0.500. The molecule has 2 heterocycles. The third kappa shape index (κ3) is 7.21. The van der Waals surface area contributed by atoms with Crippen LogP contribution in [0, 0.1) is 11.8 Å². The first-order chi connectivity index (χ1) is 16.7. The fourth-order valence-electron chi connectivity index (χ4n) is 5.41. The van der Waals surface area contributed by atoms with Crippen molar-refractivity contribution in [3.05, 3.63) is 75.2 Å². The Morgan fingerprint density at radius 2 is 1.91 bits per heavy atom. The summed E-state index contributed by atoms with van der Waals surface area (Å²) in [6, 6.07) is 11.8. The lowest BCUT2D eigenvalue weighted by molar-refractivity contribution is -0.138. The molecular formula is C28H34ClF3N2S. The average molecular weight is 523 g/mol. The fourth-order valence-corrected chi connectivity index (χ4v) is 6.78. The van der Waals surface area contributed by atoms with Crippen molar-refractivity contribution < 1.29 is 13.2 Å². The van der Waals surface area contributed by atoms with Crippen molar-refractivity contribution in [3.63, 3.8) is 0 Å². The molecular weight excluding hydrogens is 489 g/mol. The molecule has 4 rings (SSSR count). The quantitative estimate of drug-likeness (QED) is 0.340. The molecule has 2 unspecified atom stereocenters. The molecule has 0 aliphatic carbocycles. The first-order valence-corrected chi connectivity index (χ1v) is 13.7. The van der Waals surface area contributed by atoms with E-state index in [-0.39, 0.29) is 0 Å². The number of thioether (sulfide) groups is 1. The van der Waals surface area contributed by atoms with Crippen LogP contribution >= 0.6 is 23.4 Å². The van der Waals surface area contributed by atoms with Gasteiger partial charge in [-0.05, 0) is 91.1 Å². The Bertz CT molecular complexity index is 1040. The van der Waals surface area contributed by atoms with Crippen LogP contribution in [0.1, 0.15) is 49.3 Å². The van der Waals surface area contributed by atoms with E-state index in [0.717, 1.165) is 57.3 Å². The van der Waals surface area contributed by atoms with Crippen LogP contribution in [0.4, 0.5) is 18.9 Å². The number of halogens is 4. The van der Waals surface area contributed by atoms with Crippen molar-refractivity contribution in [1.29, 1.82) is 0 Å². The molecule has 2 aromatic carbocycles. The molecule has 35 heavy (non-hydrogen) atoms. The predicted octanol–water partition coefficient (Wildman–Crippen LogP) is 7.85. The summed E-state index contributed by atoms with van der Waals surface area (Å²) in [6.45, 7) is 5.34. The first kappa shape index (κ1) is 26.4. The Balaban J connectivity index is 1.44. The summed E-state index contributed by atoms with van der Waals surface area (Å²) in [7, 11) is 0. The third-order valence-electron chi connectivity index (χ3n) is 7.36. The summed E-state index contributed by atoms with van der Waals surface area (Å²) in [4.78, 5) is 3.99. The summed E-state index contributed by atoms with van der Waals surface area (Å²) in [5, 5.41) is 1.22. The lowest BCUT2D eigenvalue weighted by Gasteiger charge is -2.25. The van der Waals surface area contributed by atoms with Crippen LogP contribution in [0.2, 0.25) is 5.02 Å². The molecule has 0 amide bonds. The van der Waals surface area contributed by atoms with Gasteiger partial charge in [-0.25, -0.2) is 0 Å². The average Bonchev–Trinajstić information content (AvgIpc) is 3.44. The van der Waals surface area contributed by atoms with Crippen LogP contribution in [0.25, 0.3) is 0 Å². The van der Waals surface area contributed by atoms with E-state index in [4.69, 9.17) is 17.3 Å². The van der Waals surface area contributed by atoms with E-state index < -0.39 is 11.7 Å². The molecule has 0 saturated carbocycles. The van der Waals surface area contributed by atoms with Crippen molar-refractivity contribution in [3.8, 4) is 0 Å². The number of nitrogen functional groups attached to an aromatic ring is 1. The predicted molar refractivity (Wildman–Crippen MR) is 142 cm³/mol. The Hall–Kier alpha value is -1.63. The SMILES string of the molecule is CC1CC=C(CN2CCC([C@@H](CCc3ccc(N)c(Cl)c3)CCc3ccccc3C(F)(F)F)C2)S1. The van der Waals surface area contributed by atoms with Gasteiger partial charge in [0.25, 0.3) is 0 Å². The lowest BCUT2D eigenvalue weighted by Crippen LogP contribution is -2.25. The highest BCUT2D eigenvalue weighted by atomic mass is 35.5. The number of anilines is 1. The van der Waals surface area contributed by atoms with Gasteiger partial charge in [0.15, 0.2) is 0 Å². The molecule has 1 saturated heterocycles. The van der Waals surface area contributed by atoms with Gasteiger partial charge in [-0.1, -0.05) is 48.9 Å². The molecule has 0 bridgehead atoms. The molecule has 2 aliphatic rings. The summed E-state index contributed by atoms with van der Waals surface area (Å²) in [6.07, 6.45) is 3.26. The van der Waals surface area contributed by atoms with Crippen molar-refractivity contribution in [2.24, 2.45) is 11.8 Å². The highest BCUT2D eigenvalue weighted by Gasteiger charge is 2.34. The summed E-state index contributed by atoms with van der Waals surface area (Å²) in [5.41, 5.74) is 7.45. The highest BCUT2D eigenvalue weighted by Crippen LogP contribution is 2.37. The lowest BCUT2D eigenvalue weighted by atomic mass is 9.82. The van der Waals surface area contributed by atoms with E-state index in [1.165, 1.54) is 17.0 Å². The van der Waals surface area contributed by atoms with Gasteiger partial charge in [0, 0.05) is 18.3 Å². The smallest absolute Gasteiger partial charge is 0.398 e. The summed E-state index contributed by atoms with van der Waals surface area (Å²) in [5.74, 6) is 0.837. The zero-order valence-electron chi connectivity index (χ0n) is 20.2. The van der Waals surface area contributed by atoms with Crippen LogP contribution in [-0.4, -0.2) is 29.8 Å². The van der Waals surface area contributed by atoms with Gasteiger partial charge >= 0.3 is 6.18 Å². The van der Waals surface area contributed by atoms with Crippen LogP contribution in [0.3, 0.4) is 0 Å². The minimum absolute atomic E-state index is 0.349. The second kappa shape index (κ2) is 11.6. The summed E-state index contributed by atoms with van der Waals surface area (Å²) < 4.78 is 40.6. The number of likely N-dealkylation sites (tertiary alicyclic amines) is 1. The van der Waals surface area contributed by atoms with Crippen LogP contribution in [-0.2, 0) is 19.0 Å². The Labute approximate surface area is 216 Å². The van der Waals surface area contributed by atoms with Gasteiger partial charge in [-0.3, -0.25) is 4.90 Å². The molecule has 2 N–H and O–H groups in total. The van der Waals surface area contributed by atoms with E-state index in [9.17, 15) is 13.2 Å². The van der Waals surface area contributed by atoms with Gasteiger partial charge in [0.05, 0.1) is 16.3 Å². The van der Waals surface area contributed by atoms with Gasteiger partial charge in [0.2, 0.25) is 0 Å². The molecule has 3 atom stereocenters. The Kier molecular flexibility index (Phi) is 8.77. The number of alkyl halides is 3. The molecule has 2 nitrogen and oxygen atoms in total. The zero-order chi connectivity index (χ0) is 25.0. The van der Waals surface area contributed by atoms with Crippen LogP contribution in [0.5, 0.6) is 0 Å². The summed E-state index contributed by atoms with van der Waals surface area (Å²) >= 11 is 8.20. The van der Waals surface area contributed by atoms with E-state index in [0.29, 0.717) is 39.8 Å². The topological polar surface area (TPSA) is 29.3 Å². The minimum Gasteiger partial charge on any atom is -0.398 e. The normalized spacial score (nSPS) is 21.9. The number of rotatable bonds is 9. The maximum Gasteiger partial charge on any atom is 0.416 e. The number of nitrogens with zero attached hydrogens (tertiary/aromatic N) is 1. The van der Waals surface area contributed by atoms with E-state index in [2.05, 4.69) is 17.9 Å². The Morgan fingerprint density at radius 1 is 1.14 bits per heavy atom. The second-order valence-electron chi connectivity index (χ2n) is 9.97. The molecule has 0 radical (unpaired) electrons. The number of hydrogen-bond donors (Lipinski definition) is 1. The zero-order valence-corrected chi connectivity index (χ0v) is 21.7. The van der Waals surface area contributed by atoms with Gasteiger partial charge in [0.1, 0.15) is 0 Å². The van der Waals surface area contributed by atoms with E-state index in [1.54, 1.807) is 12.1 Å². The molecule has 0 aromatic heterocycles. The second-order valence-corrected chi connectivity index (χ2v) is 11.9. The maximum atomic E-state index is 13.5. The third-order valence-corrected chi connectivity index (χ3v) is 8.88. The standard InChI is InChI=1S/C28H34ClF3N2S/c1-19-6-12-24(35-19)18-34-15-14-23(17-34)21(9-7-20-8-13-27(33)26(29)16-20)10-11-22-4-2-3-5-25(22)28(30,31)32/h2-5,8,12-13,16,19,21,23H,6-7,9-11,14-15,17-18,33H2,1H3/t19?,21-,23?/m0/s1. The monoisotopic (exact) mass is 522 g/mol. The number of hydrogen-bond acceptors (Lipinski definition) is 3. The van der Waals surface area contributed by atoms with Crippen LogP contribution < -0.4 is 5.73 Å².